The molecule has 5 heterocycles. The van der Waals surface area contributed by atoms with Gasteiger partial charge in [0.1, 0.15) is 17.9 Å². The van der Waals surface area contributed by atoms with Crippen LogP contribution >= 0.6 is 15.9 Å². The topological polar surface area (TPSA) is 95.7 Å². The Balaban J connectivity index is 1.62. The monoisotopic (exact) mass is 405 g/mol. The van der Waals surface area contributed by atoms with Gasteiger partial charge in [0.2, 0.25) is 5.91 Å². The number of amides is 1. The Bertz CT molecular complexity index is 842. The highest BCUT2D eigenvalue weighted by atomic mass is 79.9. The molecule has 7 nitrogen and oxygen atoms in total. The average molecular weight is 406 g/mol. The van der Waals surface area contributed by atoms with Crippen LogP contribution in [-0.4, -0.2) is 46.1 Å². The molecule has 4 aliphatic heterocycles. The van der Waals surface area contributed by atoms with Gasteiger partial charge in [-0.3, -0.25) is 9.69 Å². The number of aliphatic hydroxyl groups excluding tert-OH is 1. The maximum Gasteiger partial charge on any atom is 0.235 e. The van der Waals surface area contributed by atoms with Crippen molar-refractivity contribution in [3.05, 3.63) is 22.4 Å². The van der Waals surface area contributed by atoms with Crippen LogP contribution in [0.4, 0.5) is 5.69 Å². The van der Waals surface area contributed by atoms with E-state index in [4.69, 9.17) is 14.7 Å². The van der Waals surface area contributed by atoms with Crippen molar-refractivity contribution in [2.75, 3.05) is 11.5 Å². The second kappa shape index (κ2) is 4.80. The predicted octanol–water partition coefficient (Wildman–Crippen LogP) is 1.33. The van der Waals surface area contributed by atoms with E-state index in [9.17, 15) is 9.90 Å². The molecule has 8 heteroatoms. The van der Waals surface area contributed by atoms with Crippen molar-refractivity contribution in [1.29, 1.82) is 5.26 Å². The van der Waals surface area contributed by atoms with Gasteiger partial charge < -0.3 is 14.6 Å². The van der Waals surface area contributed by atoms with Crippen LogP contribution in [0.2, 0.25) is 0 Å². The van der Waals surface area contributed by atoms with Crippen LogP contribution < -0.4 is 4.90 Å². The molecule has 1 N–H and O–H groups in total. The smallest absolute Gasteiger partial charge is 0.235 e. The Hall–Kier alpha value is -1.53. The fourth-order valence-corrected chi connectivity index (χ4v) is 5.74. The summed E-state index contributed by atoms with van der Waals surface area (Å²) in [5.41, 5.74) is -0.518. The highest BCUT2D eigenvalue weighted by molar-refractivity contribution is 9.10. The third-order valence-electron chi connectivity index (χ3n) is 6.22. The molecule has 4 saturated heterocycles. The molecule has 4 fully saturated rings. The number of pyridine rings is 1. The zero-order valence-corrected chi connectivity index (χ0v) is 15.1. The van der Waals surface area contributed by atoms with E-state index >= 15 is 0 Å². The van der Waals surface area contributed by atoms with Gasteiger partial charge in [-0.2, -0.15) is 5.26 Å². The molecular weight excluding hydrogens is 390 g/mol. The lowest BCUT2D eigenvalue weighted by Crippen LogP contribution is -2.56. The third kappa shape index (κ3) is 1.74. The molecule has 4 aliphatic rings. The van der Waals surface area contributed by atoms with Crippen LogP contribution in [0.15, 0.2) is 16.7 Å². The standard InChI is InChI=1S/C17H16BrN3O4/c1-16-5-11(22)17(25-16)2-3-24-15-13(17)12(16)14(23)21(15)8-4-9(18)10(6-19)20-7-8/h4,7,11-13,15,22H,2-3,5H2,1H3/t11-,12+,13-,15-,16+,17-/m0/s1. The summed E-state index contributed by atoms with van der Waals surface area (Å²) in [6, 6.07) is 3.72. The molecular formula is C17H16BrN3O4. The first-order chi connectivity index (χ1) is 11.9. The number of hydrogen-bond acceptors (Lipinski definition) is 6. The minimum Gasteiger partial charge on any atom is -0.390 e. The molecule has 0 aromatic carbocycles. The number of ether oxygens (including phenoxy) is 2. The Kier molecular flexibility index (Phi) is 3.01. The van der Waals surface area contributed by atoms with Gasteiger partial charge in [0.05, 0.1) is 46.5 Å². The number of anilines is 1. The molecule has 5 rings (SSSR count). The number of carbonyl (C=O) groups is 1. The zero-order chi connectivity index (χ0) is 17.6. The van der Waals surface area contributed by atoms with Crippen molar-refractivity contribution in [1.82, 2.24) is 4.98 Å². The number of rotatable bonds is 1. The van der Waals surface area contributed by atoms with Gasteiger partial charge in [-0.05, 0) is 28.9 Å². The summed E-state index contributed by atoms with van der Waals surface area (Å²) in [4.78, 5) is 19.0. The maximum atomic E-state index is 13.3. The van der Waals surface area contributed by atoms with Crippen molar-refractivity contribution in [3.8, 4) is 6.07 Å². The average Bonchev–Trinajstić information content (AvgIpc) is 3.11. The summed E-state index contributed by atoms with van der Waals surface area (Å²) in [7, 11) is 0. The van der Waals surface area contributed by atoms with E-state index in [1.165, 1.54) is 6.20 Å². The first-order valence-electron chi connectivity index (χ1n) is 8.30. The molecule has 0 radical (unpaired) electrons. The summed E-state index contributed by atoms with van der Waals surface area (Å²) < 4.78 is 12.8. The van der Waals surface area contributed by atoms with Gasteiger partial charge in [0.25, 0.3) is 0 Å². The summed E-state index contributed by atoms with van der Waals surface area (Å²) >= 11 is 3.33. The first kappa shape index (κ1) is 15.7. The number of halogens is 1. The lowest BCUT2D eigenvalue weighted by Gasteiger charge is -2.43. The van der Waals surface area contributed by atoms with E-state index in [-0.39, 0.29) is 23.4 Å². The third-order valence-corrected chi connectivity index (χ3v) is 6.83. The number of nitrogens with zero attached hydrogens (tertiary/aromatic N) is 3. The lowest BCUT2D eigenvalue weighted by atomic mass is 9.65. The Morgan fingerprint density at radius 3 is 3.08 bits per heavy atom. The summed E-state index contributed by atoms with van der Waals surface area (Å²) in [6.45, 7) is 2.34. The van der Waals surface area contributed by atoms with E-state index in [1.807, 2.05) is 13.0 Å². The number of carbonyl (C=O) groups excluding carboxylic acids is 1. The van der Waals surface area contributed by atoms with Gasteiger partial charge in [0, 0.05) is 12.8 Å². The van der Waals surface area contributed by atoms with Gasteiger partial charge >= 0.3 is 0 Å². The zero-order valence-electron chi connectivity index (χ0n) is 13.5. The van der Waals surface area contributed by atoms with Gasteiger partial charge in [-0.1, -0.05) is 0 Å². The van der Waals surface area contributed by atoms with Crippen LogP contribution in [-0.2, 0) is 14.3 Å². The van der Waals surface area contributed by atoms with Crippen molar-refractivity contribution in [2.45, 2.75) is 43.3 Å². The Morgan fingerprint density at radius 1 is 1.56 bits per heavy atom. The number of nitriles is 1. The van der Waals surface area contributed by atoms with E-state index in [0.29, 0.717) is 29.6 Å². The summed E-state index contributed by atoms with van der Waals surface area (Å²) in [5.74, 6) is -0.598. The largest absolute Gasteiger partial charge is 0.390 e. The first-order valence-corrected chi connectivity index (χ1v) is 9.09. The van der Waals surface area contributed by atoms with Crippen LogP contribution in [0, 0.1) is 23.2 Å². The molecule has 1 aromatic heterocycles. The van der Waals surface area contributed by atoms with E-state index < -0.39 is 23.5 Å². The van der Waals surface area contributed by atoms with Crippen LogP contribution in [0.5, 0.6) is 0 Å². The number of fused-ring (bicyclic) bond motifs is 2. The number of hydrogen-bond donors (Lipinski definition) is 1. The molecule has 1 spiro atoms. The SMILES string of the molecule is C[C@@]12C[C@H](O)[C@]3(CCO[C@H]4[C@@H]3[C@@H]1C(=O)N4c1cnc(C#N)c(Br)c1)O2. The minimum atomic E-state index is -0.704. The lowest BCUT2D eigenvalue weighted by molar-refractivity contribution is -0.163. The normalized spacial score (nSPS) is 44.1. The van der Waals surface area contributed by atoms with Crippen molar-refractivity contribution in [3.63, 3.8) is 0 Å². The Morgan fingerprint density at radius 2 is 2.36 bits per heavy atom. The molecule has 0 saturated carbocycles. The molecule has 6 atom stereocenters. The Labute approximate surface area is 152 Å². The number of aromatic nitrogens is 1. The van der Waals surface area contributed by atoms with Crippen LogP contribution in [0.3, 0.4) is 0 Å². The predicted molar refractivity (Wildman–Crippen MR) is 88.3 cm³/mol. The summed E-state index contributed by atoms with van der Waals surface area (Å²) in [6.07, 6.45) is 1.52. The molecule has 25 heavy (non-hydrogen) atoms. The molecule has 0 aliphatic carbocycles. The van der Waals surface area contributed by atoms with Gasteiger partial charge in [-0.15, -0.1) is 0 Å². The van der Waals surface area contributed by atoms with Crippen molar-refractivity contribution < 1.29 is 19.4 Å². The molecule has 2 bridgehead atoms. The second-order valence-corrected chi connectivity index (χ2v) is 8.30. The van der Waals surface area contributed by atoms with E-state index in [0.717, 1.165) is 0 Å². The van der Waals surface area contributed by atoms with E-state index in [1.54, 1.807) is 11.0 Å². The summed E-state index contributed by atoms with van der Waals surface area (Å²) in [5, 5.41) is 19.7. The van der Waals surface area contributed by atoms with E-state index in [2.05, 4.69) is 20.9 Å². The van der Waals surface area contributed by atoms with Gasteiger partial charge in [-0.25, -0.2) is 4.98 Å². The quantitative estimate of drug-likeness (QED) is 0.756. The molecule has 1 amide bonds. The molecule has 1 aromatic rings. The fraction of sp³-hybridized carbons (Fsp3) is 0.588. The molecule has 0 unspecified atom stereocenters. The van der Waals surface area contributed by atoms with Crippen LogP contribution in [0.25, 0.3) is 0 Å². The fourth-order valence-electron chi connectivity index (χ4n) is 5.32. The highest BCUT2D eigenvalue weighted by Crippen LogP contribution is 2.65. The van der Waals surface area contributed by atoms with Crippen molar-refractivity contribution >= 4 is 27.5 Å². The number of aliphatic hydroxyl groups is 1. The van der Waals surface area contributed by atoms with Gasteiger partial charge in [0.15, 0.2) is 5.69 Å². The second-order valence-electron chi connectivity index (χ2n) is 7.45. The molecule has 130 valence electrons. The van der Waals surface area contributed by atoms with Crippen LogP contribution in [0.1, 0.15) is 25.5 Å². The maximum absolute atomic E-state index is 13.3. The highest BCUT2D eigenvalue weighted by Gasteiger charge is 2.78. The van der Waals surface area contributed by atoms with Crippen molar-refractivity contribution in [2.24, 2.45) is 11.8 Å². The minimum absolute atomic E-state index is 0.0633.